The summed E-state index contributed by atoms with van der Waals surface area (Å²) in [6.07, 6.45) is -24.4. The van der Waals surface area contributed by atoms with Crippen LogP contribution in [0.2, 0.25) is 0 Å². The van der Waals surface area contributed by atoms with E-state index in [0.717, 1.165) is 22.6 Å². The maximum Gasteiger partial charge on any atom is 1.00 e. The third-order valence-corrected chi connectivity index (χ3v) is 16.8. The fourth-order valence-corrected chi connectivity index (χ4v) is 13.2. The van der Waals surface area contributed by atoms with Gasteiger partial charge < -0.3 is 75.8 Å². The Hall–Kier alpha value is 4.68. The summed E-state index contributed by atoms with van der Waals surface area (Å²) in [6.45, 7) is -6.72. The van der Waals surface area contributed by atoms with Crippen molar-refractivity contribution >= 4 is 107 Å². The van der Waals surface area contributed by atoms with Crippen molar-refractivity contribution in [3.63, 3.8) is 0 Å². The van der Waals surface area contributed by atoms with Crippen LogP contribution in [0.4, 0.5) is 0 Å². The van der Waals surface area contributed by atoms with Gasteiger partial charge in [-0.3, -0.25) is 52.6 Å². The zero-order chi connectivity index (χ0) is 68.9. The molecule has 4 fully saturated rings. The average molecular weight is 1670 g/mol. The van der Waals surface area contributed by atoms with E-state index in [1.165, 1.54) is 13.8 Å². The molecule has 0 aromatic carbocycles. The van der Waals surface area contributed by atoms with Gasteiger partial charge >= 0.3 is 236 Å². The number of amides is 4. The van der Waals surface area contributed by atoms with E-state index >= 15 is 0 Å². The van der Waals surface area contributed by atoms with Crippen LogP contribution in [-0.2, 0) is 155 Å². The Labute approximate surface area is 749 Å². The second-order valence-corrected chi connectivity index (χ2v) is 29.1. The van der Waals surface area contributed by atoms with Crippen LogP contribution in [0, 0.1) is 5.41 Å². The molecule has 2 aliphatic carbocycles. The zero-order valence-corrected chi connectivity index (χ0v) is 77.6. The minimum atomic E-state index is -6.25. The van der Waals surface area contributed by atoms with Crippen molar-refractivity contribution in [3.05, 3.63) is 0 Å². The molecule has 4 amide bonds. The Balaban J connectivity index is -0.00000368. The Kier molecular flexibility index (Phi) is 55.9. The third-order valence-electron chi connectivity index (χ3n) is 13.2. The second kappa shape index (κ2) is 49.3. The van der Waals surface area contributed by atoms with Crippen molar-refractivity contribution in [3.8, 4) is 0 Å². The summed E-state index contributed by atoms with van der Waals surface area (Å²) in [5, 5.41) is 5.41. The SMILES string of the molecule is CC(C)(CC(=O)N(CCOC1OC(COS(=O)(=O)[O-])C(OS(=O)(=O)[O-])C(OS(=O)(=O)[O-])C1OS(=O)(=O)[O-])CC(=O)NC1CCCCC1)CC(=O)N(CCOC1OC(COS(=O)(=O)[O-])C(OS(=O)(=O)[O-])C(OS(=O)(=O)[O-])C1OS(=O)(=O)[O-])CC(=O)NC1CCCCC1.[Na+].[Na+].[Na+].[Na+].[Na+].[Na+].[Na+].[Na+]. The first-order chi connectivity index (χ1) is 41.4. The predicted molar refractivity (Wildman–Crippen MR) is 274 cm³/mol. The summed E-state index contributed by atoms with van der Waals surface area (Å²) in [4.78, 5) is 57.4. The van der Waals surface area contributed by atoms with Gasteiger partial charge in [-0.25, -0.2) is 67.3 Å². The van der Waals surface area contributed by atoms with Crippen LogP contribution < -0.4 is 247 Å². The number of carbonyl (C=O) groups excluding carboxylic acids is 4. The number of hydrogen-bond acceptors (Lipinski definition) is 40. The standard InChI is InChI=1S/C39H68N4O40S8.8Na/c1-39(2,17-29(46)42(19-27(44)40-23-9-5-3-6-10-23)13-15-72-37-35(82-90(66,67)68)33(80-88(60,61)62)31(78-86(54,55)56)25(76-37)21-74-84(48,49)50)18-30(47)43(20-28(45)41-24-11-7-4-8-12-24)14-16-73-38-36(83-91(69,70)71)34(81-89(63,64)65)32(79-87(57,58)59)26(77-38)22-75-85(51,52)53;;;;;;;;/h23-26,31-38H,3-22H2,1-2H3,(H,40,44)(H,41,45)(H,48,49,50)(H,51,52,53)(H,54,55,56)(H,57,58,59)(H,60,61,62)(H,63,64,65)(H,66,67,68)(H,69,70,71);;;;;;;;/q;8*+1/p-8. The van der Waals surface area contributed by atoms with E-state index in [-0.39, 0.29) is 236 Å². The fraction of sp³-hybridized carbons (Fsp3) is 0.897. The molecule has 2 N–H and O–H groups in total. The van der Waals surface area contributed by atoms with Gasteiger partial charge in [-0.1, -0.05) is 52.4 Å². The first-order valence-corrected chi connectivity index (χ1v) is 36.8. The van der Waals surface area contributed by atoms with Gasteiger partial charge in [0.25, 0.3) is 0 Å². The molecule has 4 rings (SSSR count). The first-order valence-electron chi connectivity index (χ1n) is 26.2. The number of rotatable bonds is 36. The molecule has 44 nitrogen and oxygen atoms in total. The molecule has 4 aliphatic rings. The maximum absolute atomic E-state index is 14.4. The second-order valence-electron chi connectivity index (χ2n) is 21.0. The first kappa shape index (κ1) is 112. The average Bonchev–Trinajstić information content (AvgIpc) is 0.780. The minimum absolute atomic E-state index is 0. The van der Waals surface area contributed by atoms with E-state index in [1.54, 1.807) is 0 Å². The zero-order valence-electron chi connectivity index (χ0n) is 55.1. The van der Waals surface area contributed by atoms with E-state index in [9.17, 15) is 123 Å². The number of ether oxygens (including phenoxy) is 4. The topological polar surface area (TPSA) is 667 Å². The molecule has 0 spiro atoms. The van der Waals surface area contributed by atoms with Gasteiger partial charge in [0.05, 0.1) is 39.5 Å². The number of nitrogens with one attached hydrogen (secondary N) is 2. The van der Waals surface area contributed by atoms with E-state index < -0.39 is 251 Å². The number of hydrogen-bond donors (Lipinski definition) is 2. The molecule has 2 heterocycles. The van der Waals surface area contributed by atoms with Crippen molar-refractivity contribution in [2.75, 3.05) is 52.6 Å². The Morgan fingerprint density at radius 1 is 0.394 bits per heavy atom. The number of carbonyl (C=O) groups is 4. The van der Waals surface area contributed by atoms with Gasteiger partial charge in [0.15, 0.2) is 24.8 Å². The molecule has 60 heteroatoms. The van der Waals surface area contributed by atoms with Gasteiger partial charge in [0, 0.05) is 38.0 Å². The molecule has 0 aromatic heterocycles. The van der Waals surface area contributed by atoms with Crippen molar-refractivity contribution in [2.45, 2.75) is 164 Å². The molecule has 2 saturated carbocycles. The summed E-state index contributed by atoms with van der Waals surface area (Å²) in [5.41, 5.74) is -1.63. The van der Waals surface area contributed by atoms with Gasteiger partial charge in [-0.15, -0.1) is 0 Å². The summed E-state index contributed by atoms with van der Waals surface area (Å²) in [7, 11) is -48.9. The predicted octanol–water partition coefficient (Wildman–Crippen LogP) is -31.1. The molecular weight excluding hydrogens is 1600 g/mol. The van der Waals surface area contributed by atoms with Crippen LogP contribution in [0.3, 0.4) is 0 Å². The molecule has 99 heavy (non-hydrogen) atoms. The van der Waals surface area contributed by atoms with Crippen molar-refractivity contribution < 1.29 is 412 Å². The molecule has 2 saturated heterocycles. The smallest absolute Gasteiger partial charge is 0.726 e. The molecular formula is C39H60N4Na8O40S8. The quantitative estimate of drug-likeness (QED) is 0.0334. The largest absolute Gasteiger partial charge is 1.00 e. The summed E-state index contributed by atoms with van der Waals surface area (Å²) >= 11 is 0. The Morgan fingerprint density at radius 3 is 0.899 bits per heavy atom. The van der Waals surface area contributed by atoms with Gasteiger partial charge in [0.2, 0.25) is 107 Å². The molecule has 10 unspecified atom stereocenters. The van der Waals surface area contributed by atoms with E-state index in [0.29, 0.717) is 51.4 Å². The molecule has 2 aliphatic heterocycles. The van der Waals surface area contributed by atoms with Crippen molar-refractivity contribution in [1.82, 2.24) is 20.4 Å². The summed E-state index contributed by atoms with van der Waals surface area (Å²) in [5.74, 6) is -3.82. The fourth-order valence-electron chi connectivity index (χ4n) is 9.70. The van der Waals surface area contributed by atoms with E-state index in [2.05, 4.69) is 44.1 Å². The van der Waals surface area contributed by atoms with Gasteiger partial charge in [-0.05, 0) is 31.1 Å². The van der Waals surface area contributed by atoms with Crippen molar-refractivity contribution in [1.29, 1.82) is 0 Å². The maximum atomic E-state index is 14.4. The van der Waals surface area contributed by atoms with Crippen LogP contribution >= 0.6 is 0 Å². The Morgan fingerprint density at radius 2 is 0.646 bits per heavy atom. The molecule has 10 atom stereocenters. The molecule has 532 valence electrons. The normalized spacial score (nSPS) is 23.7. The van der Waals surface area contributed by atoms with Gasteiger partial charge in [0.1, 0.15) is 36.6 Å². The van der Waals surface area contributed by atoms with Crippen LogP contribution in [0.25, 0.3) is 0 Å². The van der Waals surface area contributed by atoms with Crippen molar-refractivity contribution in [2.24, 2.45) is 5.41 Å². The summed E-state index contributed by atoms with van der Waals surface area (Å²) < 4.78 is 336. The van der Waals surface area contributed by atoms with Crippen LogP contribution in [0.15, 0.2) is 0 Å². The minimum Gasteiger partial charge on any atom is -0.726 e. The summed E-state index contributed by atoms with van der Waals surface area (Å²) in [6, 6.07) is -0.844. The van der Waals surface area contributed by atoms with E-state index in [4.69, 9.17) is 18.9 Å². The van der Waals surface area contributed by atoms with Crippen LogP contribution in [0.1, 0.15) is 90.9 Å². The monoisotopic (exact) mass is 1660 g/mol. The van der Waals surface area contributed by atoms with Crippen LogP contribution in [0.5, 0.6) is 0 Å². The van der Waals surface area contributed by atoms with E-state index in [1.807, 2.05) is 0 Å². The Bertz CT molecular complexity index is 3250. The third kappa shape index (κ3) is 47.1. The molecule has 0 radical (unpaired) electrons. The van der Waals surface area contributed by atoms with Gasteiger partial charge in [-0.2, -0.15) is 0 Å². The molecule has 0 aromatic rings. The van der Waals surface area contributed by atoms with Crippen LogP contribution in [-0.4, -0.2) is 263 Å². The number of nitrogens with zero attached hydrogens (tertiary/aromatic N) is 2. The molecule has 0 bridgehead atoms.